The van der Waals surface area contributed by atoms with Crippen molar-refractivity contribution in [1.82, 2.24) is 5.32 Å². The average Bonchev–Trinajstić information content (AvgIpc) is 2.24. The van der Waals surface area contributed by atoms with Crippen LogP contribution in [0.3, 0.4) is 0 Å². The quantitative estimate of drug-likeness (QED) is 0.745. The van der Waals surface area contributed by atoms with Gasteiger partial charge in [-0.2, -0.15) is 0 Å². The number of benzene rings is 1. The van der Waals surface area contributed by atoms with Crippen molar-refractivity contribution in [3.8, 4) is 0 Å². The first-order chi connectivity index (χ1) is 7.63. The van der Waals surface area contributed by atoms with Crippen LogP contribution >= 0.6 is 0 Å². The van der Waals surface area contributed by atoms with Gasteiger partial charge in [0.15, 0.2) is 0 Å². The molecular formula is C14H23NO. The fraction of sp³-hybridized carbons (Fsp3) is 0.571. The standard InChI is InChI=1S/C14H23NO/c1-11-5-6-14(9-12(11)2)10-13(3)15-7-8-16-4/h5-6,9,13,15H,7-8,10H2,1-4H3. The minimum absolute atomic E-state index is 0.497. The molecule has 2 heteroatoms. The van der Waals surface area contributed by atoms with Gasteiger partial charge in [-0.15, -0.1) is 0 Å². The third-order valence-electron chi connectivity index (χ3n) is 2.91. The molecule has 1 unspecified atom stereocenters. The summed E-state index contributed by atoms with van der Waals surface area (Å²) in [5.74, 6) is 0. The number of nitrogens with one attached hydrogen (secondary N) is 1. The highest BCUT2D eigenvalue weighted by Crippen LogP contribution is 2.11. The third-order valence-corrected chi connectivity index (χ3v) is 2.91. The van der Waals surface area contributed by atoms with Crippen LogP contribution in [0.15, 0.2) is 18.2 Å². The molecule has 90 valence electrons. The molecule has 2 nitrogen and oxygen atoms in total. The Hall–Kier alpha value is -0.860. The van der Waals surface area contributed by atoms with Crippen molar-refractivity contribution in [2.75, 3.05) is 20.3 Å². The van der Waals surface area contributed by atoms with E-state index in [9.17, 15) is 0 Å². The Labute approximate surface area is 99.0 Å². The summed E-state index contributed by atoms with van der Waals surface area (Å²) in [6, 6.07) is 7.20. The molecule has 0 aliphatic carbocycles. The molecule has 0 fully saturated rings. The Balaban J connectivity index is 2.43. The van der Waals surface area contributed by atoms with Crippen LogP contribution in [0.5, 0.6) is 0 Å². The van der Waals surface area contributed by atoms with E-state index in [1.165, 1.54) is 16.7 Å². The molecule has 16 heavy (non-hydrogen) atoms. The molecule has 1 aromatic carbocycles. The largest absolute Gasteiger partial charge is 0.383 e. The zero-order valence-electron chi connectivity index (χ0n) is 10.8. The van der Waals surface area contributed by atoms with Gasteiger partial charge in [-0.1, -0.05) is 18.2 Å². The van der Waals surface area contributed by atoms with Crippen LogP contribution in [0.25, 0.3) is 0 Å². The van der Waals surface area contributed by atoms with E-state index in [2.05, 4.69) is 44.3 Å². The second-order valence-corrected chi connectivity index (χ2v) is 4.47. The average molecular weight is 221 g/mol. The Kier molecular flexibility index (Phi) is 5.50. The molecule has 0 aliphatic heterocycles. The summed E-state index contributed by atoms with van der Waals surface area (Å²) in [5, 5.41) is 3.44. The van der Waals surface area contributed by atoms with Crippen molar-refractivity contribution in [3.63, 3.8) is 0 Å². The number of methoxy groups -OCH3 is 1. The van der Waals surface area contributed by atoms with Gasteiger partial charge in [0.05, 0.1) is 6.61 Å². The molecule has 0 aliphatic rings. The van der Waals surface area contributed by atoms with Crippen molar-refractivity contribution in [1.29, 1.82) is 0 Å². The SMILES string of the molecule is COCCNC(C)Cc1ccc(C)c(C)c1. The predicted molar refractivity (Wildman–Crippen MR) is 69.0 cm³/mol. The summed E-state index contributed by atoms with van der Waals surface area (Å²) in [6.45, 7) is 8.23. The van der Waals surface area contributed by atoms with E-state index in [0.29, 0.717) is 6.04 Å². The Bertz CT molecular complexity index is 323. The summed E-state index contributed by atoms with van der Waals surface area (Å²) in [5.41, 5.74) is 4.14. The molecule has 1 N–H and O–H groups in total. The normalized spacial score (nSPS) is 12.8. The second-order valence-electron chi connectivity index (χ2n) is 4.47. The van der Waals surface area contributed by atoms with Gasteiger partial charge in [0.2, 0.25) is 0 Å². The maximum absolute atomic E-state index is 5.01. The molecule has 0 spiro atoms. The molecule has 0 radical (unpaired) electrons. The summed E-state index contributed by atoms with van der Waals surface area (Å²) < 4.78 is 5.01. The lowest BCUT2D eigenvalue weighted by molar-refractivity contribution is 0.196. The molecular weight excluding hydrogens is 198 g/mol. The Morgan fingerprint density at radius 1 is 1.25 bits per heavy atom. The van der Waals surface area contributed by atoms with Crippen molar-refractivity contribution in [2.45, 2.75) is 33.2 Å². The highest BCUT2D eigenvalue weighted by molar-refractivity contribution is 5.30. The molecule has 0 amide bonds. The predicted octanol–water partition coefficient (Wildman–Crippen LogP) is 2.47. The highest BCUT2D eigenvalue weighted by atomic mass is 16.5. The topological polar surface area (TPSA) is 21.3 Å². The molecule has 1 atom stereocenters. The highest BCUT2D eigenvalue weighted by Gasteiger charge is 2.03. The van der Waals surface area contributed by atoms with E-state index in [0.717, 1.165) is 19.6 Å². The lowest BCUT2D eigenvalue weighted by Gasteiger charge is -2.14. The number of ether oxygens (including phenoxy) is 1. The van der Waals surface area contributed by atoms with Crippen LogP contribution in [-0.4, -0.2) is 26.3 Å². The minimum Gasteiger partial charge on any atom is -0.383 e. The second kappa shape index (κ2) is 6.66. The number of aryl methyl sites for hydroxylation is 2. The van der Waals surface area contributed by atoms with Crippen molar-refractivity contribution >= 4 is 0 Å². The lowest BCUT2D eigenvalue weighted by atomic mass is 10.0. The van der Waals surface area contributed by atoms with Gasteiger partial charge in [-0.3, -0.25) is 0 Å². The number of hydrogen-bond donors (Lipinski definition) is 1. The van der Waals surface area contributed by atoms with E-state index in [1.54, 1.807) is 7.11 Å². The van der Waals surface area contributed by atoms with Gasteiger partial charge < -0.3 is 10.1 Å². The molecule has 0 saturated carbocycles. The van der Waals surface area contributed by atoms with Gasteiger partial charge in [-0.25, -0.2) is 0 Å². The van der Waals surface area contributed by atoms with Crippen LogP contribution in [0, 0.1) is 13.8 Å². The molecule has 1 rings (SSSR count). The Morgan fingerprint density at radius 2 is 2.00 bits per heavy atom. The first kappa shape index (κ1) is 13.2. The van der Waals surface area contributed by atoms with Crippen LogP contribution in [0.4, 0.5) is 0 Å². The van der Waals surface area contributed by atoms with Crippen molar-refractivity contribution in [3.05, 3.63) is 34.9 Å². The monoisotopic (exact) mass is 221 g/mol. The Morgan fingerprint density at radius 3 is 2.62 bits per heavy atom. The fourth-order valence-corrected chi connectivity index (χ4v) is 1.76. The zero-order valence-corrected chi connectivity index (χ0v) is 10.8. The van der Waals surface area contributed by atoms with Crippen LogP contribution in [0.2, 0.25) is 0 Å². The van der Waals surface area contributed by atoms with Crippen molar-refractivity contribution in [2.24, 2.45) is 0 Å². The van der Waals surface area contributed by atoms with E-state index in [1.807, 2.05) is 0 Å². The number of hydrogen-bond acceptors (Lipinski definition) is 2. The fourth-order valence-electron chi connectivity index (χ4n) is 1.76. The smallest absolute Gasteiger partial charge is 0.0587 e. The third kappa shape index (κ3) is 4.33. The van der Waals surface area contributed by atoms with Crippen LogP contribution in [-0.2, 0) is 11.2 Å². The van der Waals surface area contributed by atoms with Gasteiger partial charge in [0.25, 0.3) is 0 Å². The van der Waals surface area contributed by atoms with Crippen LogP contribution in [0.1, 0.15) is 23.6 Å². The molecule has 1 aromatic rings. The van der Waals surface area contributed by atoms with E-state index in [4.69, 9.17) is 4.74 Å². The summed E-state index contributed by atoms with van der Waals surface area (Å²) in [7, 11) is 1.73. The molecule has 0 aromatic heterocycles. The summed E-state index contributed by atoms with van der Waals surface area (Å²) >= 11 is 0. The molecule has 0 heterocycles. The van der Waals surface area contributed by atoms with Gasteiger partial charge in [-0.05, 0) is 43.9 Å². The molecule has 0 bridgehead atoms. The molecule has 0 saturated heterocycles. The first-order valence-electron chi connectivity index (χ1n) is 5.92. The van der Waals surface area contributed by atoms with Crippen molar-refractivity contribution < 1.29 is 4.74 Å². The maximum Gasteiger partial charge on any atom is 0.0587 e. The van der Waals surface area contributed by atoms with Crippen LogP contribution < -0.4 is 5.32 Å². The number of rotatable bonds is 6. The van der Waals surface area contributed by atoms with E-state index in [-0.39, 0.29) is 0 Å². The van der Waals surface area contributed by atoms with E-state index >= 15 is 0 Å². The maximum atomic E-state index is 5.01. The van der Waals surface area contributed by atoms with Gasteiger partial charge >= 0.3 is 0 Å². The summed E-state index contributed by atoms with van der Waals surface area (Å²) in [6.07, 6.45) is 1.07. The van der Waals surface area contributed by atoms with Gasteiger partial charge in [0.1, 0.15) is 0 Å². The first-order valence-corrected chi connectivity index (χ1v) is 5.92. The lowest BCUT2D eigenvalue weighted by Crippen LogP contribution is -2.30. The summed E-state index contributed by atoms with van der Waals surface area (Å²) in [4.78, 5) is 0. The zero-order chi connectivity index (χ0) is 12.0. The van der Waals surface area contributed by atoms with Gasteiger partial charge in [0, 0.05) is 19.7 Å². The van der Waals surface area contributed by atoms with E-state index < -0.39 is 0 Å². The minimum atomic E-state index is 0.497.